The summed E-state index contributed by atoms with van der Waals surface area (Å²) >= 11 is 11.7. The van der Waals surface area contributed by atoms with Crippen LogP contribution in [0.25, 0.3) is 0 Å². The monoisotopic (exact) mass is 317 g/mol. The number of piperidine rings is 1. The number of amides is 1. The largest absolute Gasteiger partial charge is 0.393 e. The van der Waals surface area contributed by atoms with Crippen molar-refractivity contribution in [2.24, 2.45) is 5.92 Å². The van der Waals surface area contributed by atoms with Crippen molar-refractivity contribution >= 4 is 34.9 Å². The van der Waals surface area contributed by atoms with Gasteiger partial charge in [-0.15, -0.1) is 0 Å². The first kappa shape index (κ1) is 15.5. The van der Waals surface area contributed by atoms with Gasteiger partial charge < -0.3 is 10.4 Å². The minimum Gasteiger partial charge on any atom is -0.393 e. The van der Waals surface area contributed by atoms with Crippen molar-refractivity contribution in [3.05, 3.63) is 22.3 Å². The van der Waals surface area contributed by atoms with Crippen LogP contribution < -0.4 is 5.32 Å². The molecule has 1 aliphatic heterocycles. The Labute approximate surface area is 127 Å². The van der Waals surface area contributed by atoms with Crippen LogP contribution in [-0.4, -0.2) is 46.6 Å². The molecule has 2 N–H and O–H groups in total. The van der Waals surface area contributed by atoms with E-state index in [0.29, 0.717) is 35.4 Å². The summed E-state index contributed by atoms with van der Waals surface area (Å²) in [7, 11) is 0. The molecule has 110 valence electrons. The van der Waals surface area contributed by atoms with E-state index in [1.165, 1.54) is 12.3 Å². The van der Waals surface area contributed by atoms with Gasteiger partial charge >= 0.3 is 0 Å². The fourth-order valence-electron chi connectivity index (χ4n) is 2.24. The highest BCUT2D eigenvalue weighted by Gasteiger charge is 2.25. The quantitative estimate of drug-likeness (QED) is 0.895. The number of likely N-dealkylation sites (tertiary alicyclic amines) is 1. The summed E-state index contributed by atoms with van der Waals surface area (Å²) in [6.45, 7) is 3.65. The molecule has 0 bridgehead atoms. The van der Waals surface area contributed by atoms with Gasteiger partial charge in [-0.1, -0.05) is 30.1 Å². The Morgan fingerprint density at radius 2 is 2.35 bits per heavy atom. The highest BCUT2D eigenvalue weighted by Crippen LogP contribution is 2.22. The summed E-state index contributed by atoms with van der Waals surface area (Å²) in [4.78, 5) is 18.0. The van der Waals surface area contributed by atoms with Crippen LogP contribution in [0.4, 0.5) is 5.82 Å². The number of nitrogens with one attached hydrogen (secondary N) is 1. The second kappa shape index (κ2) is 6.72. The lowest BCUT2D eigenvalue weighted by atomic mass is 9.97. The highest BCUT2D eigenvalue weighted by molar-refractivity contribution is 6.36. The normalized spacial score (nSPS) is 23.6. The van der Waals surface area contributed by atoms with E-state index in [9.17, 15) is 9.90 Å². The Kier molecular flexibility index (Phi) is 5.21. The second-order valence-corrected chi connectivity index (χ2v) is 5.94. The molecule has 1 aliphatic rings. The zero-order valence-corrected chi connectivity index (χ0v) is 12.7. The van der Waals surface area contributed by atoms with Gasteiger partial charge in [-0.05, 0) is 18.4 Å². The zero-order chi connectivity index (χ0) is 14.7. The Morgan fingerprint density at radius 3 is 3.00 bits per heavy atom. The van der Waals surface area contributed by atoms with E-state index in [4.69, 9.17) is 23.2 Å². The number of hydrogen-bond donors (Lipinski definition) is 2. The van der Waals surface area contributed by atoms with Gasteiger partial charge in [0, 0.05) is 19.3 Å². The summed E-state index contributed by atoms with van der Waals surface area (Å²) < 4.78 is 0. The molecule has 0 spiro atoms. The average molecular weight is 318 g/mol. The van der Waals surface area contributed by atoms with E-state index in [1.807, 2.05) is 11.8 Å². The molecule has 0 saturated carbocycles. The van der Waals surface area contributed by atoms with Gasteiger partial charge in [0.25, 0.3) is 0 Å². The Hall–Kier alpha value is -0.880. The number of carbonyl (C=O) groups excluding carboxylic acids is 1. The van der Waals surface area contributed by atoms with Crippen molar-refractivity contribution in [3.63, 3.8) is 0 Å². The lowest BCUT2D eigenvalue weighted by Crippen LogP contribution is -2.45. The summed E-state index contributed by atoms with van der Waals surface area (Å²) in [5, 5.41) is 13.1. The average Bonchev–Trinajstić information content (AvgIpc) is 2.37. The van der Waals surface area contributed by atoms with E-state index >= 15 is 0 Å². The molecule has 7 heteroatoms. The summed E-state index contributed by atoms with van der Waals surface area (Å²) in [5.74, 6) is 0.310. The topological polar surface area (TPSA) is 65.5 Å². The molecule has 1 aromatic heterocycles. The maximum Gasteiger partial charge on any atom is 0.239 e. The van der Waals surface area contributed by atoms with E-state index in [2.05, 4.69) is 10.3 Å². The second-order valence-electron chi connectivity index (χ2n) is 5.10. The predicted octanol–water partition coefficient (Wildman–Crippen LogP) is 2.03. The van der Waals surface area contributed by atoms with Crippen LogP contribution in [0, 0.1) is 5.92 Å². The van der Waals surface area contributed by atoms with Gasteiger partial charge in [0.05, 0.1) is 22.7 Å². The number of rotatable bonds is 3. The first-order valence-corrected chi connectivity index (χ1v) is 7.22. The maximum atomic E-state index is 12.0. The third-order valence-electron chi connectivity index (χ3n) is 3.38. The number of hydrogen-bond acceptors (Lipinski definition) is 4. The molecule has 1 saturated heterocycles. The molecular formula is C13H17Cl2N3O2. The van der Waals surface area contributed by atoms with Gasteiger partial charge in [-0.3, -0.25) is 9.69 Å². The molecule has 20 heavy (non-hydrogen) atoms. The van der Waals surface area contributed by atoms with Crippen molar-refractivity contribution in [1.29, 1.82) is 0 Å². The number of aliphatic hydroxyl groups is 1. The molecule has 1 aromatic rings. The minimum absolute atomic E-state index is 0.175. The third kappa shape index (κ3) is 4.06. The van der Waals surface area contributed by atoms with Crippen LogP contribution in [0.3, 0.4) is 0 Å². The van der Waals surface area contributed by atoms with E-state index in [1.54, 1.807) is 0 Å². The number of carbonyl (C=O) groups is 1. The smallest absolute Gasteiger partial charge is 0.239 e. The van der Waals surface area contributed by atoms with Crippen LogP contribution in [0.5, 0.6) is 0 Å². The molecule has 1 fully saturated rings. The molecule has 0 radical (unpaired) electrons. The highest BCUT2D eigenvalue weighted by atomic mass is 35.5. The molecule has 1 amide bonds. The molecule has 0 aliphatic carbocycles. The van der Waals surface area contributed by atoms with Crippen molar-refractivity contribution in [2.45, 2.75) is 19.4 Å². The first-order valence-electron chi connectivity index (χ1n) is 6.47. The van der Waals surface area contributed by atoms with Crippen molar-refractivity contribution in [2.75, 3.05) is 25.0 Å². The van der Waals surface area contributed by atoms with Crippen LogP contribution in [-0.2, 0) is 4.79 Å². The van der Waals surface area contributed by atoms with Crippen LogP contribution in [0.1, 0.15) is 13.3 Å². The number of anilines is 1. The van der Waals surface area contributed by atoms with Gasteiger partial charge in [0.1, 0.15) is 0 Å². The molecule has 2 heterocycles. The Morgan fingerprint density at radius 1 is 1.60 bits per heavy atom. The zero-order valence-electron chi connectivity index (χ0n) is 11.1. The molecule has 2 unspecified atom stereocenters. The maximum absolute atomic E-state index is 12.0. The van der Waals surface area contributed by atoms with Crippen LogP contribution in [0.2, 0.25) is 10.0 Å². The predicted molar refractivity (Wildman–Crippen MR) is 79.1 cm³/mol. The van der Waals surface area contributed by atoms with Gasteiger partial charge in [-0.25, -0.2) is 4.98 Å². The Bertz CT molecular complexity index is 499. The standard InChI is InChI=1S/C13H17Cl2N3O2/c1-8-6-18(3-2-11(8)19)7-12(20)17-13-10(15)4-9(14)5-16-13/h4-5,8,11,19H,2-3,6-7H2,1H3,(H,16,17,20). The van der Waals surface area contributed by atoms with Crippen molar-refractivity contribution in [1.82, 2.24) is 9.88 Å². The van der Waals surface area contributed by atoms with Crippen molar-refractivity contribution < 1.29 is 9.90 Å². The fraction of sp³-hybridized carbons (Fsp3) is 0.538. The summed E-state index contributed by atoms with van der Waals surface area (Å²) in [6.07, 6.45) is 1.85. The van der Waals surface area contributed by atoms with Gasteiger partial charge in [0.2, 0.25) is 5.91 Å². The van der Waals surface area contributed by atoms with Crippen molar-refractivity contribution in [3.8, 4) is 0 Å². The summed E-state index contributed by atoms with van der Waals surface area (Å²) in [6, 6.07) is 1.53. The van der Waals surface area contributed by atoms with Crippen LogP contribution in [0.15, 0.2) is 12.3 Å². The Balaban J connectivity index is 1.89. The number of aromatic nitrogens is 1. The van der Waals surface area contributed by atoms with Gasteiger partial charge in [0.15, 0.2) is 5.82 Å². The lowest BCUT2D eigenvalue weighted by molar-refractivity contribution is -0.118. The molecule has 2 rings (SSSR count). The van der Waals surface area contributed by atoms with E-state index in [-0.39, 0.29) is 24.5 Å². The number of aliphatic hydroxyl groups excluding tert-OH is 1. The number of nitrogens with zero attached hydrogens (tertiary/aromatic N) is 2. The summed E-state index contributed by atoms with van der Waals surface area (Å²) in [5.41, 5.74) is 0. The minimum atomic E-state index is -0.276. The molecular weight excluding hydrogens is 301 g/mol. The van der Waals surface area contributed by atoms with E-state index in [0.717, 1.165) is 0 Å². The number of halogens is 2. The van der Waals surface area contributed by atoms with Gasteiger partial charge in [-0.2, -0.15) is 0 Å². The molecule has 0 aromatic carbocycles. The lowest BCUT2D eigenvalue weighted by Gasteiger charge is -2.33. The van der Waals surface area contributed by atoms with E-state index < -0.39 is 0 Å². The van der Waals surface area contributed by atoms with Crippen LogP contribution >= 0.6 is 23.2 Å². The third-order valence-corrected chi connectivity index (χ3v) is 3.87. The molecule has 2 atom stereocenters. The SMILES string of the molecule is CC1CN(CC(=O)Nc2ncc(Cl)cc2Cl)CCC1O. The molecule has 5 nitrogen and oxygen atoms in total. The fourth-order valence-corrected chi connectivity index (χ4v) is 2.67. The number of pyridine rings is 1. The first-order chi connectivity index (χ1) is 9.45.